The third-order valence-electron chi connectivity index (χ3n) is 5.80. The molecule has 0 radical (unpaired) electrons. The van der Waals surface area contributed by atoms with Crippen molar-refractivity contribution >= 4 is 17.4 Å². The molecule has 1 amide bonds. The van der Waals surface area contributed by atoms with Crippen molar-refractivity contribution in [3.8, 4) is 5.75 Å². The van der Waals surface area contributed by atoms with E-state index in [-0.39, 0.29) is 17.4 Å². The quantitative estimate of drug-likeness (QED) is 0.441. The van der Waals surface area contributed by atoms with E-state index in [1.165, 1.54) is 0 Å². The summed E-state index contributed by atoms with van der Waals surface area (Å²) in [6.07, 6.45) is 8.02. The third-order valence-corrected chi connectivity index (χ3v) is 5.80. The van der Waals surface area contributed by atoms with E-state index in [0.29, 0.717) is 17.9 Å². The molecule has 6 nitrogen and oxygen atoms in total. The second-order valence-electron chi connectivity index (χ2n) is 7.80. The molecule has 2 aromatic rings. The number of carbonyl (C=O) groups is 2. The van der Waals surface area contributed by atoms with Gasteiger partial charge in [-0.15, -0.1) is 0 Å². The van der Waals surface area contributed by atoms with Gasteiger partial charge in [0, 0.05) is 24.0 Å². The Hall–Kier alpha value is -3.15. The Balaban J connectivity index is 1.77. The molecule has 156 valence electrons. The van der Waals surface area contributed by atoms with Gasteiger partial charge in [0.1, 0.15) is 11.5 Å². The number of carbonyl (C=O) groups excluding carboxylic acids is 2. The summed E-state index contributed by atoms with van der Waals surface area (Å²) in [7, 11) is 0. The van der Waals surface area contributed by atoms with Crippen LogP contribution in [0.3, 0.4) is 0 Å². The van der Waals surface area contributed by atoms with Crippen molar-refractivity contribution in [2.24, 2.45) is 0 Å². The van der Waals surface area contributed by atoms with Gasteiger partial charge in [-0.1, -0.05) is 25.8 Å². The van der Waals surface area contributed by atoms with Crippen LogP contribution in [0.15, 0.2) is 54.4 Å². The van der Waals surface area contributed by atoms with Gasteiger partial charge in [0.05, 0.1) is 18.2 Å². The van der Waals surface area contributed by atoms with Crippen molar-refractivity contribution in [3.05, 3.63) is 65.5 Å². The molecular formula is C24H26N2O4. The molecule has 6 heteroatoms. The van der Waals surface area contributed by atoms with E-state index in [1.807, 2.05) is 13.0 Å². The van der Waals surface area contributed by atoms with E-state index in [1.54, 1.807) is 47.6 Å². The zero-order valence-corrected chi connectivity index (χ0v) is 17.1. The maximum atomic E-state index is 13.0. The zero-order chi connectivity index (χ0) is 21.1. The summed E-state index contributed by atoms with van der Waals surface area (Å²) in [5.41, 5.74) is 1.34. The Morgan fingerprint density at radius 2 is 1.90 bits per heavy atom. The van der Waals surface area contributed by atoms with Crippen molar-refractivity contribution in [2.45, 2.75) is 51.1 Å². The molecular weight excluding hydrogens is 380 g/mol. The molecule has 1 saturated heterocycles. The number of benzene rings is 1. The lowest BCUT2D eigenvalue weighted by Crippen LogP contribution is -2.37. The molecule has 4 rings (SSSR count). The molecule has 0 spiro atoms. The number of Topliss-reactive ketones (excluding diaryl/α,β-unsaturated/α-hetero) is 1. The largest absolute Gasteiger partial charge is 0.507 e. The molecule has 30 heavy (non-hydrogen) atoms. The number of pyridine rings is 1. The molecule has 1 atom stereocenters. The topological polar surface area (TPSA) is 79.7 Å². The first-order valence-electron chi connectivity index (χ1n) is 10.5. The van der Waals surface area contributed by atoms with Crippen LogP contribution in [0.5, 0.6) is 5.75 Å². The second kappa shape index (κ2) is 8.69. The van der Waals surface area contributed by atoms with E-state index >= 15 is 0 Å². The first-order chi connectivity index (χ1) is 14.6. The van der Waals surface area contributed by atoms with Crippen molar-refractivity contribution in [1.82, 2.24) is 9.88 Å². The molecule has 1 aromatic heterocycles. The highest BCUT2D eigenvalue weighted by molar-refractivity contribution is 6.46. The number of nitrogens with zero attached hydrogens (tertiary/aromatic N) is 2. The molecule has 2 aliphatic rings. The second-order valence-corrected chi connectivity index (χ2v) is 7.80. The molecule has 2 fully saturated rings. The van der Waals surface area contributed by atoms with Gasteiger partial charge in [-0.05, 0) is 55.2 Å². The standard InChI is InChI=1S/C24H26N2O4/c1-2-14-30-19-11-9-16(10-12-19)22(27)20-21(17-6-5-13-25-15-17)26(24(29)23(20)28)18-7-3-4-8-18/h5-6,9-13,15,18,21,27H,2-4,7-8,14H2,1H3/b22-20-. The fourth-order valence-corrected chi connectivity index (χ4v) is 4.36. The van der Waals surface area contributed by atoms with Gasteiger partial charge < -0.3 is 14.7 Å². The number of aromatic nitrogens is 1. The lowest BCUT2D eigenvalue weighted by molar-refractivity contribution is -0.141. The van der Waals surface area contributed by atoms with Crippen LogP contribution in [0.2, 0.25) is 0 Å². The lowest BCUT2D eigenvalue weighted by atomic mass is 9.95. The van der Waals surface area contributed by atoms with E-state index in [9.17, 15) is 14.7 Å². The summed E-state index contributed by atoms with van der Waals surface area (Å²) in [5, 5.41) is 11.1. The van der Waals surface area contributed by atoms with Gasteiger partial charge in [0.15, 0.2) is 0 Å². The summed E-state index contributed by atoms with van der Waals surface area (Å²) in [5.74, 6) is -0.645. The summed E-state index contributed by atoms with van der Waals surface area (Å²) < 4.78 is 5.59. The minimum atomic E-state index is -0.639. The number of rotatable bonds is 6. The van der Waals surface area contributed by atoms with Crippen molar-refractivity contribution in [2.75, 3.05) is 6.61 Å². The number of amides is 1. The Morgan fingerprint density at radius 3 is 2.53 bits per heavy atom. The summed E-state index contributed by atoms with van der Waals surface area (Å²) in [6, 6.07) is 9.95. The smallest absolute Gasteiger partial charge is 0.295 e. The average molecular weight is 406 g/mol. The fourth-order valence-electron chi connectivity index (χ4n) is 4.36. The van der Waals surface area contributed by atoms with Gasteiger partial charge >= 0.3 is 0 Å². The monoisotopic (exact) mass is 406 g/mol. The number of hydrogen-bond acceptors (Lipinski definition) is 5. The van der Waals surface area contributed by atoms with Crippen LogP contribution >= 0.6 is 0 Å². The van der Waals surface area contributed by atoms with Crippen LogP contribution in [0.4, 0.5) is 0 Å². The summed E-state index contributed by atoms with van der Waals surface area (Å²) in [4.78, 5) is 31.9. The average Bonchev–Trinajstić information content (AvgIpc) is 3.40. The minimum Gasteiger partial charge on any atom is -0.507 e. The van der Waals surface area contributed by atoms with Gasteiger partial charge in [-0.2, -0.15) is 0 Å². The number of ether oxygens (including phenoxy) is 1. The summed E-state index contributed by atoms with van der Waals surface area (Å²) >= 11 is 0. The first kappa shape index (κ1) is 20.1. The number of likely N-dealkylation sites (tertiary alicyclic amines) is 1. The van der Waals surface area contributed by atoms with Crippen LogP contribution in [-0.2, 0) is 9.59 Å². The maximum absolute atomic E-state index is 13.0. The van der Waals surface area contributed by atoms with Crippen LogP contribution in [0, 0.1) is 0 Å². The number of aliphatic hydroxyl groups is 1. The predicted octanol–water partition coefficient (Wildman–Crippen LogP) is 4.23. The van der Waals surface area contributed by atoms with E-state index in [2.05, 4.69) is 4.98 Å². The van der Waals surface area contributed by atoms with Crippen molar-refractivity contribution in [1.29, 1.82) is 0 Å². The van der Waals surface area contributed by atoms with Gasteiger partial charge in [0.25, 0.3) is 11.7 Å². The SMILES string of the molecule is CCCOc1ccc(/C(O)=C2/C(=O)C(=O)N(C3CCCC3)C2c2cccnc2)cc1. The molecule has 1 N–H and O–H groups in total. The Kier molecular flexibility index (Phi) is 5.84. The Morgan fingerprint density at radius 1 is 1.17 bits per heavy atom. The summed E-state index contributed by atoms with van der Waals surface area (Å²) in [6.45, 7) is 2.64. The van der Waals surface area contributed by atoms with Gasteiger partial charge in [0.2, 0.25) is 0 Å². The Labute approximate surface area is 176 Å². The number of hydrogen-bond donors (Lipinski definition) is 1. The molecule has 1 aliphatic carbocycles. The van der Waals surface area contributed by atoms with E-state index in [4.69, 9.17) is 4.74 Å². The van der Waals surface area contributed by atoms with Crippen LogP contribution in [-0.4, -0.2) is 39.3 Å². The molecule has 1 unspecified atom stereocenters. The zero-order valence-electron chi connectivity index (χ0n) is 17.1. The predicted molar refractivity (Wildman–Crippen MR) is 113 cm³/mol. The Bertz CT molecular complexity index is 947. The number of ketones is 1. The highest BCUT2D eigenvalue weighted by Gasteiger charge is 2.49. The highest BCUT2D eigenvalue weighted by Crippen LogP contribution is 2.43. The minimum absolute atomic E-state index is 0.00164. The molecule has 2 heterocycles. The maximum Gasteiger partial charge on any atom is 0.295 e. The number of aliphatic hydroxyl groups excluding tert-OH is 1. The van der Waals surface area contributed by atoms with Gasteiger partial charge in [-0.25, -0.2) is 0 Å². The van der Waals surface area contributed by atoms with E-state index in [0.717, 1.165) is 37.7 Å². The first-order valence-corrected chi connectivity index (χ1v) is 10.5. The normalized spacial score (nSPS) is 21.4. The highest BCUT2D eigenvalue weighted by atomic mass is 16.5. The van der Waals surface area contributed by atoms with Crippen LogP contribution in [0.1, 0.15) is 56.2 Å². The fraction of sp³-hybridized carbons (Fsp3) is 0.375. The van der Waals surface area contributed by atoms with Gasteiger partial charge in [-0.3, -0.25) is 14.6 Å². The molecule has 0 bridgehead atoms. The third kappa shape index (κ3) is 3.70. The van der Waals surface area contributed by atoms with Crippen LogP contribution < -0.4 is 4.74 Å². The molecule has 1 aliphatic heterocycles. The van der Waals surface area contributed by atoms with E-state index < -0.39 is 17.7 Å². The van der Waals surface area contributed by atoms with Crippen LogP contribution in [0.25, 0.3) is 5.76 Å². The molecule has 1 saturated carbocycles. The van der Waals surface area contributed by atoms with Crippen molar-refractivity contribution < 1.29 is 19.4 Å². The molecule has 1 aromatic carbocycles. The lowest BCUT2D eigenvalue weighted by Gasteiger charge is -2.30. The van der Waals surface area contributed by atoms with Crippen molar-refractivity contribution in [3.63, 3.8) is 0 Å².